The summed E-state index contributed by atoms with van der Waals surface area (Å²) in [6.07, 6.45) is 1.55. The van der Waals surface area contributed by atoms with Gasteiger partial charge in [0.1, 0.15) is 17.2 Å². The average Bonchev–Trinajstić information content (AvgIpc) is 2.80. The minimum Gasteiger partial charge on any atom is -0.497 e. The number of fused-ring (bicyclic) bond motifs is 1. The highest BCUT2D eigenvalue weighted by atomic mass is 16.5. The van der Waals surface area contributed by atoms with Gasteiger partial charge >= 0.3 is 0 Å². The number of aromatic hydroxyl groups is 1. The molecule has 0 amide bonds. The second-order valence-electron chi connectivity index (χ2n) is 6.55. The topological polar surface area (TPSA) is 73.1 Å². The summed E-state index contributed by atoms with van der Waals surface area (Å²) in [5.41, 5.74) is 1.26. The fourth-order valence-electron chi connectivity index (χ4n) is 3.33. The fraction of sp³-hybridized carbons (Fsp3) is 0.0833. The Morgan fingerprint density at radius 2 is 1.53 bits per heavy atom. The summed E-state index contributed by atoms with van der Waals surface area (Å²) in [6.45, 7) is 0. The molecular formula is C24H20N2O4. The molecule has 150 valence electrons. The van der Waals surface area contributed by atoms with E-state index >= 15 is 0 Å². The number of aromatic nitrogens is 1. The highest BCUT2D eigenvalue weighted by Crippen LogP contribution is 2.29. The summed E-state index contributed by atoms with van der Waals surface area (Å²) in [7, 11) is 3.15. The van der Waals surface area contributed by atoms with Crippen molar-refractivity contribution in [2.45, 2.75) is 0 Å². The van der Waals surface area contributed by atoms with Gasteiger partial charge in [0.15, 0.2) is 0 Å². The van der Waals surface area contributed by atoms with E-state index < -0.39 is 0 Å². The molecule has 1 N–H and O–H groups in total. The molecule has 0 aliphatic rings. The van der Waals surface area contributed by atoms with Crippen molar-refractivity contribution in [3.05, 3.63) is 88.7 Å². The molecule has 4 aromatic rings. The second kappa shape index (κ2) is 8.13. The minimum absolute atomic E-state index is 0.192. The van der Waals surface area contributed by atoms with E-state index in [1.807, 2.05) is 30.3 Å². The van der Waals surface area contributed by atoms with Gasteiger partial charge in [-0.05, 0) is 42.5 Å². The molecule has 4 rings (SSSR count). The van der Waals surface area contributed by atoms with Crippen molar-refractivity contribution in [3.63, 3.8) is 0 Å². The van der Waals surface area contributed by atoms with E-state index in [0.717, 1.165) is 0 Å². The van der Waals surface area contributed by atoms with Crippen LogP contribution in [0.3, 0.4) is 0 Å². The van der Waals surface area contributed by atoms with E-state index in [2.05, 4.69) is 4.99 Å². The Bertz CT molecular complexity index is 1290. The SMILES string of the molecule is COc1ccc(-n2c(O)c(C=Nc3ccccc3OC)c3ccccc3c2=O)cc1. The number of ether oxygens (including phenoxy) is 2. The van der Waals surface area contributed by atoms with Crippen LogP contribution in [0.2, 0.25) is 0 Å². The lowest BCUT2D eigenvalue weighted by Crippen LogP contribution is -2.20. The van der Waals surface area contributed by atoms with Crippen LogP contribution in [0.25, 0.3) is 16.5 Å². The Kier molecular flexibility index (Phi) is 5.22. The van der Waals surface area contributed by atoms with Crippen LogP contribution in [0.4, 0.5) is 5.69 Å². The summed E-state index contributed by atoms with van der Waals surface area (Å²) in [5.74, 6) is 1.08. The highest BCUT2D eigenvalue weighted by Gasteiger charge is 2.16. The first-order valence-electron chi connectivity index (χ1n) is 9.32. The Labute approximate surface area is 173 Å². The largest absolute Gasteiger partial charge is 0.497 e. The summed E-state index contributed by atoms with van der Waals surface area (Å²) < 4.78 is 11.8. The maximum Gasteiger partial charge on any atom is 0.265 e. The maximum absolute atomic E-state index is 13.1. The number of hydrogen-bond acceptors (Lipinski definition) is 5. The molecule has 0 spiro atoms. The molecule has 30 heavy (non-hydrogen) atoms. The summed E-state index contributed by atoms with van der Waals surface area (Å²) in [4.78, 5) is 17.6. The smallest absolute Gasteiger partial charge is 0.265 e. The van der Waals surface area contributed by atoms with Crippen LogP contribution in [-0.4, -0.2) is 30.1 Å². The number of pyridine rings is 1. The van der Waals surface area contributed by atoms with E-state index in [1.165, 1.54) is 4.57 Å². The van der Waals surface area contributed by atoms with Crippen LogP contribution in [0, 0.1) is 0 Å². The molecule has 3 aromatic carbocycles. The monoisotopic (exact) mass is 400 g/mol. The van der Waals surface area contributed by atoms with Crippen LogP contribution < -0.4 is 15.0 Å². The molecule has 0 bridgehead atoms. The van der Waals surface area contributed by atoms with Gasteiger partial charge in [0.05, 0.1) is 25.5 Å². The Hall–Kier alpha value is -4.06. The number of aliphatic imine (C=N–C) groups is 1. The lowest BCUT2D eigenvalue weighted by molar-refractivity contribution is 0.414. The maximum atomic E-state index is 13.1. The zero-order valence-corrected chi connectivity index (χ0v) is 16.6. The number of hydrogen-bond donors (Lipinski definition) is 1. The van der Waals surface area contributed by atoms with Crippen LogP contribution >= 0.6 is 0 Å². The molecule has 0 aliphatic carbocycles. The zero-order valence-electron chi connectivity index (χ0n) is 16.6. The van der Waals surface area contributed by atoms with Crippen molar-refractivity contribution >= 4 is 22.7 Å². The van der Waals surface area contributed by atoms with Crippen LogP contribution in [-0.2, 0) is 0 Å². The number of methoxy groups -OCH3 is 2. The van der Waals surface area contributed by atoms with Gasteiger partial charge in [-0.25, -0.2) is 4.57 Å². The van der Waals surface area contributed by atoms with Gasteiger partial charge < -0.3 is 14.6 Å². The standard InChI is InChI=1S/C24H20N2O4/c1-29-17-13-11-16(12-14-17)26-23(27)19-8-4-3-7-18(19)20(24(26)28)15-25-21-9-5-6-10-22(21)30-2/h3-15,28H,1-2H3. The van der Waals surface area contributed by atoms with Crippen molar-refractivity contribution < 1.29 is 14.6 Å². The van der Waals surface area contributed by atoms with E-state index in [9.17, 15) is 9.90 Å². The van der Waals surface area contributed by atoms with Gasteiger partial charge in [-0.1, -0.05) is 30.3 Å². The van der Waals surface area contributed by atoms with Gasteiger partial charge in [-0.3, -0.25) is 9.79 Å². The van der Waals surface area contributed by atoms with Crippen molar-refractivity contribution in [2.24, 2.45) is 4.99 Å². The molecule has 0 radical (unpaired) electrons. The van der Waals surface area contributed by atoms with Crippen LogP contribution in [0.15, 0.2) is 82.6 Å². The molecule has 0 unspecified atom stereocenters. The predicted octanol–water partition coefficient (Wildman–Crippen LogP) is 4.46. The first-order valence-corrected chi connectivity index (χ1v) is 9.32. The fourth-order valence-corrected chi connectivity index (χ4v) is 3.33. The first kappa shape index (κ1) is 19.3. The summed E-state index contributed by atoms with van der Waals surface area (Å²) in [5, 5.41) is 12.2. The second-order valence-corrected chi connectivity index (χ2v) is 6.55. The lowest BCUT2D eigenvalue weighted by Gasteiger charge is -2.14. The third-order valence-electron chi connectivity index (χ3n) is 4.85. The number of nitrogens with zero attached hydrogens (tertiary/aromatic N) is 2. The quantitative estimate of drug-likeness (QED) is 0.502. The Morgan fingerprint density at radius 1 is 0.867 bits per heavy atom. The molecule has 6 nitrogen and oxygen atoms in total. The van der Waals surface area contributed by atoms with E-state index in [4.69, 9.17) is 9.47 Å². The van der Waals surface area contributed by atoms with Crippen LogP contribution in [0.5, 0.6) is 17.4 Å². The lowest BCUT2D eigenvalue weighted by atomic mass is 10.1. The highest BCUT2D eigenvalue weighted by molar-refractivity contribution is 6.02. The molecule has 6 heteroatoms. The average molecular weight is 400 g/mol. The van der Waals surface area contributed by atoms with Gasteiger partial charge in [0.25, 0.3) is 5.56 Å². The number of benzene rings is 3. The van der Waals surface area contributed by atoms with E-state index in [1.54, 1.807) is 62.9 Å². The van der Waals surface area contributed by atoms with Crippen molar-refractivity contribution in [1.29, 1.82) is 0 Å². The molecule has 0 saturated carbocycles. The summed E-state index contributed by atoms with van der Waals surface area (Å²) >= 11 is 0. The van der Waals surface area contributed by atoms with E-state index in [-0.39, 0.29) is 11.4 Å². The molecule has 0 saturated heterocycles. The predicted molar refractivity (Wildman–Crippen MR) is 118 cm³/mol. The zero-order chi connectivity index (χ0) is 21.1. The van der Waals surface area contributed by atoms with Crippen molar-refractivity contribution in [3.8, 4) is 23.1 Å². The molecule has 1 heterocycles. The summed E-state index contributed by atoms with van der Waals surface area (Å²) in [6, 6.07) is 21.4. The Balaban J connectivity index is 1.95. The third kappa shape index (κ3) is 3.39. The van der Waals surface area contributed by atoms with Crippen LogP contribution in [0.1, 0.15) is 5.56 Å². The van der Waals surface area contributed by atoms with Gasteiger partial charge in [-0.2, -0.15) is 0 Å². The van der Waals surface area contributed by atoms with Gasteiger partial charge in [-0.15, -0.1) is 0 Å². The normalized spacial score (nSPS) is 11.1. The number of rotatable bonds is 5. The van der Waals surface area contributed by atoms with Gasteiger partial charge in [0.2, 0.25) is 5.88 Å². The third-order valence-corrected chi connectivity index (χ3v) is 4.85. The first-order chi connectivity index (χ1) is 14.6. The molecule has 1 aromatic heterocycles. The Morgan fingerprint density at radius 3 is 2.23 bits per heavy atom. The molecule has 0 fully saturated rings. The molecular weight excluding hydrogens is 380 g/mol. The number of para-hydroxylation sites is 2. The molecule has 0 atom stereocenters. The van der Waals surface area contributed by atoms with Crippen molar-refractivity contribution in [2.75, 3.05) is 14.2 Å². The van der Waals surface area contributed by atoms with Crippen molar-refractivity contribution in [1.82, 2.24) is 4.57 Å². The molecule has 0 aliphatic heterocycles. The van der Waals surface area contributed by atoms with E-state index in [0.29, 0.717) is 39.2 Å². The minimum atomic E-state index is -0.317. The van der Waals surface area contributed by atoms with Gasteiger partial charge in [0, 0.05) is 17.0 Å².